The van der Waals surface area contributed by atoms with Crippen molar-refractivity contribution in [3.63, 3.8) is 0 Å². The summed E-state index contributed by atoms with van der Waals surface area (Å²) in [6.07, 6.45) is -2.57. The van der Waals surface area contributed by atoms with E-state index in [-0.39, 0.29) is 116 Å². The summed E-state index contributed by atoms with van der Waals surface area (Å²) < 4.78 is 75.4. The number of Topliss-reactive ketones (excluding diaryl/α,β-unsaturated/α-hetero) is 1. The Hall–Kier alpha value is -3.34. The molecule has 3 rings (SSSR count). The summed E-state index contributed by atoms with van der Waals surface area (Å²) in [5.41, 5.74) is 4.20. The Balaban J connectivity index is -0.0000000993. The first-order valence-electron chi connectivity index (χ1n) is 25.8. The topological polar surface area (TPSA) is 376 Å². The molecule has 28 nitrogen and oxygen atoms in total. The molecule has 507 valence electrons. The van der Waals surface area contributed by atoms with Crippen molar-refractivity contribution in [1.29, 1.82) is 0 Å². The molecule has 86 heavy (non-hydrogen) atoms. The first kappa shape index (κ1) is 102. The van der Waals surface area contributed by atoms with Crippen LogP contribution in [0.3, 0.4) is 0 Å². The fourth-order valence-corrected chi connectivity index (χ4v) is 4.88. The number of allylic oxidation sites excluding steroid dienone is 1. The molecular weight excluding hydrogens is 1370 g/mol. The number of nitrogens with one attached hydrogen (secondary N) is 1. The van der Waals surface area contributed by atoms with E-state index >= 15 is 0 Å². The summed E-state index contributed by atoms with van der Waals surface area (Å²) in [7, 11) is 4.32. The number of hydrogen-bond acceptors (Lipinski definition) is 23. The van der Waals surface area contributed by atoms with Crippen LogP contribution in [-0.4, -0.2) is 257 Å². The van der Waals surface area contributed by atoms with Gasteiger partial charge in [0.05, 0.1) is 65.4 Å². The molecule has 0 bridgehead atoms. The Kier molecular flexibility index (Phi) is 64.5. The number of halogens is 2. The molecule has 33 heteroatoms. The fraction of sp³-hybridized carbons (Fsp3) is 0.811. The van der Waals surface area contributed by atoms with Gasteiger partial charge in [-0.25, -0.2) is 24.0 Å². The van der Waals surface area contributed by atoms with Crippen molar-refractivity contribution in [2.45, 2.75) is 145 Å². The number of nitrogens with two attached hydrogens (primary N) is 1. The average molecular weight is 1480 g/mol. The van der Waals surface area contributed by atoms with Crippen LogP contribution in [0.4, 0.5) is 24.0 Å². The quantitative estimate of drug-likeness (QED) is 0.0997. The molecule has 5 amide bonds. The van der Waals surface area contributed by atoms with E-state index in [1.807, 2.05) is 62.3 Å². The molecular formula is C53H107BCl2N6NaO22Os. The van der Waals surface area contributed by atoms with Crippen LogP contribution in [0.25, 0.3) is 0 Å². The van der Waals surface area contributed by atoms with E-state index in [1.165, 1.54) is 14.7 Å². The van der Waals surface area contributed by atoms with Crippen molar-refractivity contribution in [1.82, 2.24) is 24.9 Å². The minimum atomic E-state index is -6.06. The summed E-state index contributed by atoms with van der Waals surface area (Å²) in [6.45, 7) is 39.8. The van der Waals surface area contributed by atoms with Crippen molar-refractivity contribution >= 4 is 67.9 Å². The predicted molar refractivity (Wildman–Crippen MR) is 318 cm³/mol. The Labute approximate surface area is 550 Å². The first-order chi connectivity index (χ1) is 37.7. The Morgan fingerprint density at radius 3 is 1.33 bits per heavy atom. The Bertz CT molecular complexity index is 2010. The van der Waals surface area contributed by atoms with Gasteiger partial charge in [0, 0.05) is 80.6 Å². The number of aliphatic hydroxyl groups excluding tert-OH is 4. The number of carbonyl (C=O) groups excluding carboxylic acids is 6. The molecule has 0 spiro atoms. The van der Waals surface area contributed by atoms with Crippen LogP contribution in [0.15, 0.2) is 24.3 Å². The zero-order chi connectivity index (χ0) is 66.6. The molecule has 0 aromatic rings. The summed E-state index contributed by atoms with van der Waals surface area (Å²) in [5.74, 6) is 0.853. The van der Waals surface area contributed by atoms with Crippen molar-refractivity contribution < 1.29 is 147 Å². The third-order valence-electron chi connectivity index (χ3n) is 7.61. The third kappa shape index (κ3) is 80.7. The number of alkyl carbamates (subject to hydrolysis) is 1. The maximum absolute atomic E-state index is 11.7. The van der Waals surface area contributed by atoms with Crippen molar-refractivity contribution in [3.8, 4) is 0 Å². The van der Waals surface area contributed by atoms with E-state index in [0.29, 0.717) is 70.9 Å². The van der Waals surface area contributed by atoms with Gasteiger partial charge in [-0.3, -0.25) is 9.69 Å². The number of aliphatic hydroxyl groups is 4. The molecule has 0 saturated carbocycles. The second-order valence-corrected chi connectivity index (χ2v) is 25.3. The van der Waals surface area contributed by atoms with Crippen LogP contribution in [-0.2, 0) is 71.7 Å². The number of β-amino-alcohol motifs (C(OH)–C–C–N with tert-alkyl or cyclic N) is 1. The molecule has 3 aliphatic rings. The number of nitrogens with zero attached hydrogens (tertiary/aromatic N) is 4. The molecule has 3 fully saturated rings. The van der Waals surface area contributed by atoms with E-state index < -0.39 is 61.6 Å². The SMILES string of the molecule is C.C=C(CCl)CCl.C=C1COCCN(C(=O)OC(C)(C)C)C1.CC(C)(C)OC(=O)N1CCOCC(=O)C1.CC(C)(C)OC(=O)N1CCOCC(O)C1.CC(C)(C)OC(=O)NCCO.CN(C)C(=O)OC(C)(C)C.CO.NCCO.[B].[H-].[Na+].[O]=[Os](=[O])(=[O])=[O]. The van der Waals surface area contributed by atoms with Crippen molar-refractivity contribution in [2.75, 3.05) is 138 Å². The molecule has 3 saturated heterocycles. The van der Waals surface area contributed by atoms with Crippen LogP contribution in [0, 0.1) is 0 Å². The van der Waals surface area contributed by atoms with Crippen LogP contribution in [0.1, 0.15) is 113 Å². The fourth-order valence-electron chi connectivity index (χ4n) is 4.59. The predicted octanol–water partition coefficient (Wildman–Crippen LogP) is 2.69. The third-order valence-corrected chi connectivity index (χ3v) is 8.37. The van der Waals surface area contributed by atoms with E-state index in [1.54, 1.807) is 60.5 Å². The van der Waals surface area contributed by atoms with Gasteiger partial charge in [0.15, 0.2) is 5.78 Å². The van der Waals surface area contributed by atoms with Crippen LogP contribution in [0.5, 0.6) is 0 Å². The van der Waals surface area contributed by atoms with E-state index in [4.69, 9.17) is 96.3 Å². The molecule has 3 heterocycles. The molecule has 1 atom stereocenters. The number of ether oxygens (including phenoxy) is 8. The van der Waals surface area contributed by atoms with Crippen molar-refractivity contribution in [2.24, 2.45) is 5.73 Å². The van der Waals surface area contributed by atoms with Gasteiger partial charge in [0.1, 0.15) is 34.6 Å². The molecule has 3 radical (unpaired) electrons. The second-order valence-electron chi connectivity index (χ2n) is 22.3. The molecule has 1 unspecified atom stereocenters. The van der Waals surface area contributed by atoms with Gasteiger partial charge < -0.3 is 85.5 Å². The van der Waals surface area contributed by atoms with Gasteiger partial charge >= 0.3 is 89.0 Å². The minimum absolute atomic E-state index is 0. The van der Waals surface area contributed by atoms with Crippen LogP contribution >= 0.6 is 23.2 Å². The molecule has 0 aliphatic carbocycles. The summed E-state index contributed by atoms with van der Waals surface area (Å²) in [5, 5.41) is 34.9. The molecule has 0 aromatic heterocycles. The number of carbonyl (C=O) groups is 6. The zero-order valence-electron chi connectivity index (χ0n) is 54.9. The zero-order valence-corrected chi connectivity index (χ0v) is 60.0. The summed E-state index contributed by atoms with van der Waals surface area (Å²) in [4.78, 5) is 73.7. The molecule has 7 N–H and O–H groups in total. The molecule has 3 aliphatic heterocycles. The van der Waals surface area contributed by atoms with E-state index in [2.05, 4.69) is 18.5 Å². The number of alkyl halides is 2. The number of hydrogen-bond donors (Lipinski definition) is 6. The average Bonchev–Trinajstić information content (AvgIpc) is 3.79. The Morgan fingerprint density at radius 1 is 0.674 bits per heavy atom. The van der Waals surface area contributed by atoms with Gasteiger partial charge in [-0.2, -0.15) is 0 Å². The summed E-state index contributed by atoms with van der Waals surface area (Å²) >= 11 is 4.48. The van der Waals surface area contributed by atoms with Gasteiger partial charge in [-0.15, -0.1) is 23.2 Å². The van der Waals surface area contributed by atoms with Gasteiger partial charge in [-0.1, -0.05) is 20.6 Å². The standard InChI is InChI=1S/C11H19NO3.C10H19NO4.C10H17NO4.C7H15NO3.C7H15NO2.C4H6Cl2.C2H7NO.CH4O.CH4.B.Na.4O.Os.H/c1-9-7-12(5-6-14-8-9)10(13)15-11(2,3)4;2*1-10(2,3)15-9(13)11-4-5-14-7-8(12)6-11;1-7(2,3)11-6(10)8-4-5-9;1-7(2,3)10-6(9)8(4)5;1-4(2-5)3-6;3-1-2-4;1-2;;;;;;;;;/h1,5-8H2,2-4H3;8,12H,4-7H2,1-3H3;4-7H2,1-3H3;9H,4-5H2,1-3H3,(H,8,10);1-5H3;1-3H2;4H,1-3H2;2H,1H3;1H4;;;;;;;;/q;;;;;;;;;;+1;;;;;;-1. The van der Waals surface area contributed by atoms with Crippen LogP contribution in [0.2, 0.25) is 0 Å². The number of amides is 5. The Morgan fingerprint density at radius 2 is 1.01 bits per heavy atom. The van der Waals surface area contributed by atoms with Crippen LogP contribution < -0.4 is 40.6 Å². The van der Waals surface area contributed by atoms with E-state index in [9.17, 15) is 33.9 Å². The van der Waals surface area contributed by atoms with Gasteiger partial charge in [0.2, 0.25) is 0 Å². The second kappa shape index (κ2) is 54.6. The number of rotatable bonds is 5. The van der Waals surface area contributed by atoms with Crippen molar-refractivity contribution in [3.05, 3.63) is 24.3 Å². The number of ketones is 1. The van der Waals surface area contributed by atoms with Gasteiger partial charge in [0.25, 0.3) is 0 Å². The maximum atomic E-state index is 11.7. The normalized spacial score (nSPS) is 14.9. The first-order valence-corrected chi connectivity index (χ1v) is 31.0. The van der Waals surface area contributed by atoms with Gasteiger partial charge in [-0.05, 0) is 115 Å². The molecule has 0 aromatic carbocycles. The van der Waals surface area contributed by atoms with E-state index in [0.717, 1.165) is 18.3 Å². The summed E-state index contributed by atoms with van der Waals surface area (Å²) in [6, 6.07) is 0. The monoisotopic (exact) mass is 1480 g/mol.